The van der Waals surface area contributed by atoms with Crippen LogP contribution in [0.25, 0.3) is 0 Å². The van der Waals surface area contributed by atoms with Gasteiger partial charge in [-0.1, -0.05) is 13.3 Å². The van der Waals surface area contributed by atoms with Crippen molar-refractivity contribution in [1.82, 2.24) is 5.32 Å². The van der Waals surface area contributed by atoms with Crippen LogP contribution in [0.1, 0.15) is 40.7 Å². The number of amides is 1. The molecule has 100 valence electrons. The van der Waals surface area contributed by atoms with Crippen molar-refractivity contribution in [3.63, 3.8) is 0 Å². The van der Waals surface area contributed by atoms with Crippen LogP contribution in [0.3, 0.4) is 0 Å². The first kappa shape index (κ1) is 14.2. The smallest absolute Gasteiger partial charge is 0.338 e. The minimum absolute atomic E-state index is 0.0130. The normalized spacial score (nSPS) is 10.3. The molecule has 0 atom stereocenters. The van der Waals surface area contributed by atoms with Crippen LogP contribution in [0.2, 0.25) is 0 Å². The second-order valence-electron chi connectivity index (χ2n) is 3.73. The van der Waals surface area contributed by atoms with E-state index >= 15 is 0 Å². The molecule has 2 N–H and O–H groups in total. The molecule has 0 aliphatic carbocycles. The third-order valence-corrected chi connectivity index (χ3v) is 2.24. The maximum Gasteiger partial charge on any atom is 0.338 e. The van der Waals surface area contributed by atoms with E-state index < -0.39 is 11.9 Å². The molecule has 0 aliphatic rings. The summed E-state index contributed by atoms with van der Waals surface area (Å²) in [5.74, 6) is -1.58. The van der Waals surface area contributed by atoms with Gasteiger partial charge in [-0.15, -0.1) is 0 Å². The van der Waals surface area contributed by atoms with E-state index in [4.69, 9.17) is 14.3 Å². The Labute approximate surface area is 105 Å². The Morgan fingerprint density at radius 3 is 2.83 bits per heavy atom. The van der Waals surface area contributed by atoms with Gasteiger partial charge in [-0.05, 0) is 6.42 Å². The van der Waals surface area contributed by atoms with Gasteiger partial charge in [0.25, 0.3) is 5.91 Å². The molecular formula is C12H17NO5. The first-order chi connectivity index (χ1) is 8.65. The van der Waals surface area contributed by atoms with Crippen LogP contribution in [0.15, 0.2) is 16.7 Å². The number of hydrogen-bond donors (Lipinski definition) is 2. The third kappa shape index (κ3) is 4.58. The first-order valence-electron chi connectivity index (χ1n) is 5.83. The van der Waals surface area contributed by atoms with E-state index in [9.17, 15) is 9.59 Å². The zero-order valence-corrected chi connectivity index (χ0v) is 10.3. The third-order valence-electron chi connectivity index (χ3n) is 2.24. The molecule has 0 unspecified atom stereocenters. The molecule has 6 nitrogen and oxygen atoms in total. The standard InChI is InChI=1S/C12H17NO5/c1-2-3-5-17-6-4-13-11(14)10-7-9(8-18-10)12(15)16/h7-8H,2-6H2,1H3,(H,13,14)(H,15,16). The molecule has 0 aliphatic heterocycles. The van der Waals surface area contributed by atoms with Gasteiger partial charge < -0.3 is 19.6 Å². The summed E-state index contributed by atoms with van der Waals surface area (Å²) in [5.41, 5.74) is -0.0423. The number of ether oxygens (including phenoxy) is 1. The summed E-state index contributed by atoms with van der Waals surface area (Å²) in [5, 5.41) is 11.2. The van der Waals surface area contributed by atoms with Gasteiger partial charge in [0.2, 0.25) is 0 Å². The summed E-state index contributed by atoms with van der Waals surface area (Å²) in [6.07, 6.45) is 3.10. The van der Waals surface area contributed by atoms with Crippen molar-refractivity contribution in [2.75, 3.05) is 19.8 Å². The second kappa shape index (κ2) is 7.50. The van der Waals surface area contributed by atoms with Crippen molar-refractivity contribution in [3.05, 3.63) is 23.7 Å². The number of unbranched alkanes of at least 4 members (excludes halogenated alkanes) is 1. The maximum absolute atomic E-state index is 11.5. The monoisotopic (exact) mass is 255 g/mol. The van der Waals surface area contributed by atoms with Gasteiger partial charge in [0.15, 0.2) is 5.76 Å². The maximum atomic E-state index is 11.5. The average Bonchev–Trinajstić information content (AvgIpc) is 2.83. The van der Waals surface area contributed by atoms with Gasteiger partial charge in [0.1, 0.15) is 6.26 Å². The molecule has 1 aromatic heterocycles. The summed E-state index contributed by atoms with van der Waals surface area (Å²) in [6.45, 7) is 3.54. The molecule has 1 heterocycles. The summed E-state index contributed by atoms with van der Waals surface area (Å²) < 4.78 is 10.1. The number of aromatic carboxylic acids is 1. The van der Waals surface area contributed by atoms with Crippen LogP contribution < -0.4 is 5.32 Å². The Morgan fingerprint density at radius 1 is 1.44 bits per heavy atom. The van der Waals surface area contributed by atoms with Crippen LogP contribution in [0, 0.1) is 0 Å². The van der Waals surface area contributed by atoms with Crippen molar-refractivity contribution in [2.24, 2.45) is 0 Å². The highest BCUT2D eigenvalue weighted by atomic mass is 16.5. The number of hydrogen-bond acceptors (Lipinski definition) is 4. The molecule has 0 bridgehead atoms. The van der Waals surface area contributed by atoms with Crippen molar-refractivity contribution in [2.45, 2.75) is 19.8 Å². The number of nitrogens with one attached hydrogen (secondary N) is 1. The largest absolute Gasteiger partial charge is 0.478 e. The van der Waals surface area contributed by atoms with Gasteiger partial charge >= 0.3 is 5.97 Å². The Hall–Kier alpha value is -1.82. The van der Waals surface area contributed by atoms with Gasteiger partial charge in [-0.25, -0.2) is 4.79 Å². The number of rotatable bonds is 8. The molecule has 0 saturated heterocycles. The van der Waals surface area contributed by atoms with E-state index in [1.54, 1.807) is 0 Å². The van der Waals surface area contributed by atoms with Crippen molar-refractivity contribution < 1.29 is 23.8 Å². The van der Waals surface area contributed by atoms with Crippen LogP contribution in [-0.4, -0.2) is 36.7 Å². The first-order valence-corrected chi connectivity index (χ1v) is 5.83. The second-order valence-corrected chi connectivity index (χ2v) is 3.73. The van der Waals surface area contributed by atoms with Crippen LogP contribution in [-0.2, 0) is 4.74 Å². The average molecular weight is 255 g/mol. The lowest BCUT2D eigenvalue weighted by Gasteiger charge is -2.04. The molecule has 0 spiro atoms. The SMILES string of the molecule is CCCCOCCNC(=O)c1cc(C(=O)O)co1. The number of furan rings is 1. The Kier molecular flexibility index (Phi) is 5.93. The topological polar surface area (TPSA) is 88.8 Å². The van der Waals surface area contributed by atoms with E-state index in [0.29, 0.717) is 19.8 Å². The molecule has 6 heteroatoms. The number of carbonyl (C=O) groups excluding carboxylic acids is 1. The van der Waals surface area contributed by atoms with Gasteiger partial charge in [-0.2, -0.15) is 0 Å². The Morgan fingerprint density at radius 2 is 2.22 bits per heavy atom. The minimum Gasteiger partial charge on any atom is -0.478 e. The molecule has 0 fully saturated rings. The minimum atomic E-state index is -1.12. The van der Waals surface area contributed by atoms with E-state index in [0.717, 1.165) is 19.1 Å². The molecule has 0 saturated carbocycles. The fraction of sp³-hybridized carbons (Fsp3) is 0.500. The quantitative estimate of drug-likeness (QED) is 0.687. The number of carboxylic acid groups (broad SMARTS) is 1. The highest BCUT2D eigenvalue weighted by Crippen LogP contribution is 2.07. The summed E-state index contributed by atoms with van der Waals surface area (Å²) >= 11 is 0. The van der Waals surface area contributed by atoms with Crippen molar-refractivity contribution >= 4 is 11.9 Å². The number of carboxylic acids is 1. The summed E-state index contributed by atoms with van der Waals surface area (Å²) in [7, 11) is 0. The molecule has 0 aromatic carbocycles. The highest BCUT2D eigenvalue weighted by Gasteiger charge is 2.13. The molecule has 1 rings (SSSR count). The van der Waals surface area contributed by atoms with E-state index in [1.165, 1.54) is 6.07 Å². The van der Waals surface area contributed by atoms with Crippen LogP contribution >= 0.6 is 0 Å². The Balaban J connectivity index is 2.25. The Bertz CT molecular complexity index is 399. The van der Waals surface area contributed by atoms with Crippen LogP contribution in [0.5, 0.6) is 0 Å². The number of carbonyl (C=O) groups is 2. The predicted octanol–water partition coefficient (Wildman–Crippen LogP) is 1.52. The van der Waals surface area contributed by atoms with Gasteiger partial charge in [0, 0.05) is 19.2 Å². The zero-order valence-electron chi connectivity index (χ0n) is 10.3. The lowest BCUT2D eigenvalue weighted by molar-refractivity contribution is 0.0696. The summed E-state index contributed by atoms with van der Waals surface area (Å²) in [6, 6.07) is 1.19. The lowest BCUT2D eigenvalue weighted by atomic mass is 10.3. The van der Waals surface area contributed by atoms with E-state index in [-0.39, 0.29) is 11.3 Å². The van der Waals surface area contributed by atoms with Crippen LogP contribution in [0.4, 0.5) is 0 Å². The van der Waals surface area contributed by atoms with E-state index in [2.05, 4.69) is 12.2 Å². The zero-order chi connectivity index (χ0) is 13.4. The summed E-state index contributed by atoms with van der Waals surface area (Å²) in [4.78, 5) is 22.1. The fourth-order valence-corrected chi connectivity index (χ4v) is 1.24. The molecular weight excluding hydrogens is 238 g/mol. The molecule has 18 heavy (non-hydrogen) atoms. The predicted molar refractivity (Wildman–Crippen MR) is 63.7 cm³/mol. The molecule has 0 radical (unpaired) electrons. The molecule has 1 amide bonds. The fourth-order valence-electron chi connectivity index (χ4n) is 1.24. The van der Waals surface area contributed by atoms with Gasteiger partial charge in [-0.3, -0.25) is 4.79 Å². The van der Waals surface area contributed by atoms with Crippen molar-refractivity contribution in [3.8, 4) is 0 Å². The van der Waals surface area contributed by atoms with Crippen molar-refractivity contribution in [1.29, 1.82) is 0 Å². The highest BCUT2D eigenvalue weighted by molar-refractivity contribution is 5.95. The van der Waals surface area contributed by atoms with Gasteiger partial charge in [0.05, 0.1) is 12.2 Å². The van der Waals surface area contributed by atoms with E-state index in [1.807, 2.05) is 0 Å². The molecule has 1 aromatic rings. The lowest BCUT2D eigenvalue weighted by Crippen LogP contribution is -2.27.